The number of rotatable bonds is 5. The van der Waals surface area contributed by atoms with Crippen LogP contribution in [0.5, 0.6) is 0 Å². The summed E-state index contributed by atoms with van der Waals surface area (Å²) in [5.74, 6) is 0. The molecule has 3 nitrogen and oxygen atoms in total. The monoisotopic (exact) mass is 230 g/mol. The van der Waals surface area contributed by atoms with Crippen LogP contribution in [0.2, 0.25) is 0 Å². The van der Waals surface area contributed by atoms with Crippen molar-refractivity contribution in [2.24, 2.45) is 0 Å². The van der Waals surface area contributed by atoms with Gasteiger partial charge in [0.15, 0.2) is 0 Å². The molecule has 0 heterocycles. The second kappa shape index (κ2) is 5.65. The molecule has 0 bridgehead atoms. The van der Waals surface area contributed by atoms with Crippen LogP contribution in [0.1, 0.15) is 5.56 Å². The van der Waals surface area contributed by atoms with Gasteiger partial charge in [-0.2, -0.15) is 0 Å². The molecule has 0 fully saturated rings. The number of alkyl halides is 2. The van der Waals surface area contributed by atoms with E-state index in [1.165, 1.54) is 4.90 Å². The molecule has 16 heavy (non-hydrogen) atoms. The predicted molar refractivity (Wildman–Crippen MR) is 60.9 cm³/mol. The number of anilines is 2. The van der Waals surface area contributed by atoms with Gasteiger partial charge in [0, 0.05) is 17.9 Å². The fourth-order valence-corrected chi connectivity index (χ4v) is 1.44. The van der Waals surface area contributed by atoms with Crippen LogP contribution in [-0.4, -0.2) is 31.2 Å². The van der Waals surface area contributed by atoms with E-state index in [0.29, 0.717) is 11.4 Å². The minimum Gasteiger partial charge on any atom is -0.398 e. The van der Waals surface area contributed by atoms with Crippen molar-refractivity contribution < 1.29 is 13.9 Å². The normalized spacial score (nSPS) is 10.8. The number of aliphatic hydroxyl groups excluding tert-OH is 1. The van der Waals surface area contributed by atoms with Gasteiger partial charge in [-0.3, -0.25) is 0 Å². The summed E-state index contributed by atoms with van der Waals surface area (Å²) in [5, 5.41) is 8.82. The van der Waals surface area contributed by atoms with Gasteiger partial charge in [-0.25, -0.2) is 8.78 Å². The lowest BCUT2D eigenvalue weighted by Gasteiger charge is -2.24. The number of nitrogen functional groups attached to an aromatic ring is 1. The van der Waals surface area contributed by atoms with Crippen molar-refractivity contribution in [2.75, 3.05) is 30.3 Å². The summed E-state index contributed by atoms with van der Waals surface area (Å²) in [6.45, 7) is 1.46. The molecule has 0 radical (unpaired) electrons. The highest BCUT2D eigenvalue weighted by molar-refractivity contribution is 5.59. The van der Waals surface area contributed by atoms with Crippen LogP contribution < -0.4 is 10.6 Å². The van der Waals surface area contributed by atoms with Crippen molar-refractivity contribution in [3.63, 3.8) is 0 Å². The van der Waals surface area contributed by atoms with E-state index >= 15 is 0 Å². The van der Waals surface area contributed by atoms with E-state index < -0.39 is 13.0 Å². The van der Waals surface area contributed by atoms with Crippen molar-refractivity contribution in [1.29, 1.82) is 0 Å². The number of nitrogens with two attached hydrogens (primary N) is 1. The van der Waals surface area contributed by atoms with E-state index in [9.17, 15) is 8.78 Å². The smallest absolute Gasteiger partial charge is 0.255 e. The Morgan fingerprint density at radius 2 is 2.12 bits per heavy atom. The van der Waals surface area contributed by atoms with Gasteiger partial charge in [0.05, 0.1) is 13.2 Å². The van der Waals surface area contributed by atoms with Crippen molar-refractivity contribution in [3.05, 3.63) is 23.8 Å². The lowest BCUT2D eigenvalue weighted by molar-refractivity contribution is 0.153. The van der Waals surface area contributed by atoms with E-state index in [1.807, 2.05) is 6.92 Å². The molecule has 0 aliphatic carbocycles. The van der Waals surface area contributed by atoms with E-state index in [-0.39, 0.29) is 13.2 Å². The molecule has 3 N–H and O–H groups in total. The van der Waals surface area contributed by atoms with Crippen LogP contribution in [0.3, 0.4) is 0 Å². The molecule has 0 amide bonds. The quantitative estimate of drug-likeness (QED) is 0.756. The van der Waals surface area contributed by atoms with Crippen LogP contribution in [0, 0.1) is 6.92 Å². The number of aliphatic hydroxyl groups is 1. The third kappa shape index (κ3) is 3.34. The molecule has 0 atom stereocenters. The predicted octanol–water partition coefficient (Wildman–Crippen LogP) is 1.64. The molecule has 0 aromatic heterocycles. The first-order chi connectivity index (χ1) is 7.54. The van der Waals surface area contributed by atoms with Crippen LogP contribution in [0.15, 0.2) is 18.2 Å². The summed E-state index contributed by atoms with van der Waals surface area (Å²) in [7, 11) is 0. The zero-order valence-corrected chi connectivity index (χ0v) is 9.16. The van der Waals surface area contributed by atoms with Crippen molar-refractivity contribution in [1.82, 2.24) is 0 Å². The Hall–Kier alpha value is -1.36. The summed E-state index contributed by atoms with van der Waals surface area (Å²) in [4.78, 5) is 1.42. The van der Waals surface area contributed by atoms with Crippen LogP contribution in [-0.2, 0) is 0 Å². The molecule has 1 aromatic rings. The van der Waals surface area contributed by atoms with Gasteiger partial charge in [0.2, 0.25) is 0 Å². The molecule has 90 valence electrons. The van der Waals surface area contributed by atoms with Gasteiger partial charge in [-0.05, 0) is 24.6 Å². The fourth-order valence-electron chi connectivity index (χ4n) is 1.44. The average molecular weight is 230 g/mol. The van der Waals surface area contributed by atoms with E-state index in [2.05, 4.69) is 0 Å². The first kappa shape index (κ1) is 12.7. The van der Waals surface area contributed by atoms with Crippen molar-refractivity contribution in [2.45, 2.75) is 13.3 Å². The number of nitrogens with zero attached hydrogens (tertiary/aromatic N) is 1. The molecule has 0 aliphatic heterocycles. The van der Waals surface area contributed by atoms with E-state index in [0.717, 1.165) is 5.56 Å². The summed E-state index contributed by atoms with van der Waals surface area (Å²) in [5.41, 5.74) is 7.79. The highest BCUT2D eigenvalue weighted by Gasteiger charge is 2.12. The second-order valence-corrected chi connectivity index (χ2v) is 3.60. The Morgan fingerprint density at radius 1 is 1.44 bits per heavy atom. The van der Waals surface area contributed by atoms with E-state index in [1.54, 1.807) is 18.2 Å². The van der Waals surface area contributed by atoms with Gasteiger partial charge in [-0.1, -0.05) is 6.07 Å². The van der Waals surface area contributed by atoms with Gasteiger partial charge in [-0.15, -0.1) is 0 Å². The van der Waals surface area contributed by atoms with Crippen LogP contribution >= 0.6 is 0 Å². The number of hydrogen-bond donors (Lipinski definition) is 2. The molecule has 0 unspecified atom stereocenters. The van der Waals surface area contributed by atoms with Gasteiger partial charge >= 0.3 is 0 Å². The summed E-state index contributed by atoms with van der Waals surface area (Å²) in [6, 6.07) is 5.15. The van der Waals surface area contributed by atoms with Gasteiger partial charge in [0.25, 0.3) is 6.43 Å². The van der Waals surface area contributed by atoms with Crippen LogP contribution in [0.4, 0.5) is 20.2 Å². The number of halogens is 2. The lowest BCUT2D eigenvalue weighted by atomic mass is 10.1. The van der Waals surface area contributed by atoms with Crippen molar-refractivity contribution >= 4 is 11.4 Å². The Labute approximate surface area is 93.5 Å². The number of aryl methyl sites for hydroxylation is 1. The standard InChI is InChI=1S/C11H16F2N2O/c1-8-2-3-9(6-10(8)14)15(4-5-16)7-11(12)13/h2-3,6,11,16H,4-5,7,14H2,1H3. The minimum absolute atomic E-state index is 0.166. The topological polar surface area (TPSA) is 49.5 Å². The first-order valence-electron chi connectivity index (χ1n) is 5.04. The maximum absolute atomic E-state index is 12.3. The molecule has 1 aromatic carbocycles. The minimum atomic E-state index is -2.44. The zero-order valence-electron chi connectivity index (χ0n) is 9.16. The van der Waals surface area contributed by atoms with Crippen molar-refractivity contribution in [3.8, 4) is 0 Å². The summed E-state index contributed by atoms with van der Waals surface area (Å²) in [6.07, 6.45) is -2.44. The molecular formula is C11H16F2N2O. The van der Waals surface area contributed by atoms with Gasteiger partial charge < -0.3 is 15.7 Å². The Kier molecular flexibility index (Phi) is 4.49. The Balaban J connectivity index is 2.87. The maximum Gasteiger partial charge on any atom is 0.255 e. The summed E-state index contributed by atoms with van der Waals surface area (Å²) >= 11 is 0. The Bertz CT molecular complexity index is 345. The highest BCUT2D eigenvalue weighted by Crippen LogP contribution is 2.21. The second-order valence-electron chi connectivity index (χ2n) is 3.60. The molecular weight excluding hydrogens is 214 g/mol. The zero-order chi connectivity index (χ0) is 12.1. The average Bonchev–Trinajstić information content (AvgIpc) is 2.21. The molecule has 5 heteroatoms. The van der Waals surface area contributed by atoms with Crippen LogP contribution in [0.25, 0.3) is 0 Å². The van der Waals surface area contributed by atoms with E-state index in [4.69, 9.17) is 10.8 Å². The number of benzene rings is 1. The summed E-state index contributed by atoms with van der Waals surface area (Å²) < 4.78 is 24.6. The maximum atomic E-state index is 12.3. The first-order valence-corrected chi connectivity index (χ1v) is 5.04. The molecule has 1 rings (SSSR count). The third-order valence-electron chi connectivity index (χ3n) is 2.36. The lowest BCUT2D eigenvalue weighted by Crippen LogP contribution is -2.31. The molecule has 0 spiro atoms. The molecule has 0 aliphatic rings. The van der Waals surface area contributed by atoms with Gasteiger partial charge in [0.1, 0.15) is 0 Å². The Morgan fingerprint density at radius 3 is 2.62 bits per heavy atom. The largest absolute Gasteiger partial charge is 0.398 e. The molecule has 0 saturated carbocycles. The third-order valence-corrected chi connectivity index (χ3v) is 2.36. The fraction of sp³-hybridized carbons (Fsp3) is 0.455. The number of hydrogen-bond acceptors (Lipinski definition) is 3. The highest BCUT2D eigenvalue weighted by atomic mass is 19.3. The SMILES string of the molecule is Cc1ccc(N(CCO)CC(F)F)cc1N. The molecule has 0 saturated heterocycles.